The second kappa shape index (κ2) is 8.95. The Labute approximate surface area is 212 Å². The molecule has 1 saturated heterocycles. The van der Waals surface area contributed by atoms with Crippen LogP contribution in [0.4, 0.5) is 26.2 Å². The van der Waals surface area contributed by atoms with E-state index >= 15 is 0 Å². The van der Waals surface area contributed by atoms with Gasteiger partial charge in [0, 0.05) is 61.5 Å². The maximum absolute atomic E-state index is 14.2. The van der Waals surface area contributed by atoms with E-state index < -0.39 is 11.6 Å². The summed E-state index contributed by atoms with van der Waals surface area (Å²) in [4.78, 5) is 25.6. The Bertz CT molecular complexity index is 1500. The van der Waals surface area contributed by atoms with Crippen molar-refractivity contribution < 1.29 is 8.78 Å². The molecule has 0 bridgehead atoms. The lowest BCUT2D eigenvalue weighted by atomic mass is 10.0. The van der Waals surface area contributed by atoms with Crippen LogP contribution in [-0.4, -0.2) is 51.1 Å². The molecule has 10 heteroatoms. The van der Waals surface area contributed by atoms with Crippen LogP contribution in [0.5, 0.6) is 0 Å². The standard InChI is InChI=1S/C27H26F2N8/c28-18-12-20(29)26(33-13-18)34-21-11-17(5-6-31-21)25-35-24-22(27(36-25)37-9-7-30-8-10-37)19(15-1-2-15)14-32-23(24)16-3-4-16/h5-6,11-16,30H,1-4,7-10H2,(H,31,33,34). The maximum Gasteiger partial charge on any atom is 0.168 e. The van der Waals surface area contributed by atoms with Crippen molar-refractivity contribution in [3.8, 4) is 11.4 Å². The third-order valence-electron chi connectivity index (χ3n) is 7.23. The fraction of sp³-hybridized carbons (Fsp3) is 0.370. The minimum Gasteiger partial charge on any atom is -0.353 e. The Morgan fingerprint density at radius 3 is 2.49 bits per heavy atom. The lowest BCUT2D eigenvalue weighted by Gasteiger charge is -2.30. The van der Waals surface area contributed by atoms with Crippen LogP contribution >= 0.6 is 0 Å². The first-order valence-electron chi connectivity index (χ1n) is 12.8. The van der Waals surface area contributed by atoms with Gasteiger partial charge < -0.3 is 15.5 Å². The van der Waals surface area contributed by atoms with Gasteiger partial charge in [-0.15, -0.1) is 0 Å². The predicted octanol–water partition coefficient (Wildman–Crippen LogP) is 4.67. The molecule has 4 aromatic rings. The van der Waals surface area contributed by atoms with Gasteiger partial charge >= 0.3 is 0 Å². The van der Waals surface area contributed by atoms with E-state index in [4.69, 9.17) is 15.0 Å². The molecule has 0 radical (unpaired) electrons. The molecule has 2 N–H and O–H groups in total. The Morgan fingerprint density at radius 1 is 0.919 bits per heavy atom. The van der Waals surface area contributed by atoms with Gasteiger partial charge in [0.2, 0.25) is 0 Å². The van der Waals surface area contributed by atoms with Crippen LogP contribution in [0.15, 0.2) is 36.8 Å². The van der Waals surface area contributed by atoms with Gasteiger partial charge in [0.25, 0.3) is 0 Å². The zero-order valence-electron chi connectivity index (χ0n) is 20.2. The number of nitrogens with zero attached hydrogens (tertiary/aromatic N) is 6. The maximum atomic E-state index is 14.2. The van der Waals surface area contributed by atoms with E-state index in [1.165, 1.54) is 18.4 Å². The quantitative estimate of drug-likeness (QED) is 0.395. The average Bonchev–Trinajstić information content (AvgIpc) is 3.84. The normalized spacial score (nSPS) is 17.8. The first kappa shape index (κ1) is 22.4. The molecule has 188 valence electrons. The molecular weight excluding hydrogens is 474 g/mol. The number of fused-ring (bicyclic) bond motifs is 1. The van der Waals surface area contributed by atoms with Crippen LogP contribution in [0, 0.1) is 11.6 Å². The first-order chi connectivity index (χ1) is 18.1. The molecule has 7 rings (SSSR count). The molecule has 0 atom stereocenters. The number of pyridine rings is 3. The smallest absolute Gasteiger partial charge is 0.168 e. The number of anilines is 3. The van der Waals surface area contributed by atoms with Crippen LogP contribution in [0.25, 0.3) is 22.3 Å². The van der Waals surface area contributed by atoms with Crippen LogP contribution < -0.4 is 15.5 Å². The topological polar surface area (TPSA) is 91.8 Å². The highest BCUT2D eigenvalue weighted by Gasteiger charge is 2.34. The van der Waals surface area contributed by atoms with E-state index in [0.717, 1.165) is 79.3 Å². The third-order valence-corrected chi connectivity index (χ3v) is 7.23. The summed E-state index contributed by atoms with van der Waals surface area (Å²) in [5.41, 5.74) is 4.01. The summed E-state index contributed by atoms with van der Waals surface area (Å²) < 4.78 is 27.5. The van der Waals surface area contributed by atoms with Gasteiger partial charge in [-0.3, -0.25) is 4.98 Å². The zero-order chi connectivity index (χ0) is 24.9. The molecule has 8 nitrogen and oxygen atoms in total. The highest BCUT2D eigenvalue weighted by Crippen LogP contribution is 2.48. The highest BCUT2D eigenvalue weighted by atomic mass is 19.1. The number of rotatable bonds is 6. The second-order valence-corrected chi connectivity index (χ2v) is 10.0. The third kappa shape index (κ3) is 4.35. The van der Waals surface area contributed by atoms with Crippen LogP contribution in [-0.2, 0) is 0 Å². The largest absolute Gasteiger partial charge is 0.353 e. The molecule has 0 spiro atoms. The first-order valence-corrected chi connectivity index (χ1v) is 12.8. The van der Waals surface area contributed by atoms with Crippen LogP contribution in [0.3, 0.4) is 0 Å². The summed E-state index contributed by atoms with van der Waals surface area (Å²) in [5.74, 6) is 1.26. The van der Waals surface area contributed by atoms with Crippen molar-refractivity contribution >= 4 is 28.4 Å². The molecule has 5 heterocycles. The number of halogens is 2. The summed E-state index contributed by atoms with van der Waals surface area (Å²) in [6, 6.07) is 4.40. The minimum atomic E-state index is -0.789. The van der Waals surface area contributed by atoms with E-state index in [1.54, 1.807) is 12.3 Å². The fourth-order valence-corrected chi connectivity index (χ4v) is 5.02. The molecule has 0 unspecified atom stereocenters. The van der Waals surface area contributed by atoms with Gasteiger partial charge in [0.15, 0.2) is 17.5 Å². The summed E-state index contributed by atoms with van der Waals surface area (Å²) >= 11 is 0. The zero-order valence-corrected chi connectivity index (χ0v) is 20.2. The van der Waals surface area contributed by atoms with E-state index in [1.807, 2.05) is 6.07 Å². The second-order valence-electron chi connectivity index (χ2n) is 10.0. The Hall–Kier alpha value is -3.79. The number of hydrogen-bond donors (Lipinski definition) is 2. The molecule has 3 aliphatic rings. The summed E-state index contributed by atoms with van der Waals surface area (Å²) in [7, 11) is 0. The monoisotopic (exact) mass is 500 g/mol. The molecular formula is C27H26F2N8. The molecule has 2 saturated carbocycles. The van der Waals surface area contributed by atoms with Crippen molar-refractivity contribution in [1.82, 2.24) is 30.2 Å². The van der Waals surface area contributed by atoms with Crippen molar-refractivity contribution in [3.63, 3.8) is 0 Å². The number of nitrogens with one attached hydrogen (secondary N) is 2. The molecule has 4 aromatic heterocycles. The van der Waals surface area contributed by atoms with Crippen molar-refractivity contribution in [3.05, 3.63) is 59.7 Å². The van der Waals surface area contributed by atoms with Crippen molar-refractivity contribution in [1.29, 1.82) is 0 Å². The number of hydrogen-bond acceptors (Lipinski definition) is 8. The van der Waals surface area contributed by atoms with Crippen molar-refractivity contribution in [2.75, 3.05) is 36.4 Å². The lowest BCUT2D eigenvalue weighted by molar-refractivity contribution is 0.576. The van der Waals surface area contributed by atoms with Crippen molar-refractivity contribution in [2.45, 2.75) is 37.5 Å². The fourth-order valence-electron chi connectivity index (χ4n) is 5.02. The molecule has 3 fully saturated rings. The highest BCUT2D eigenvalue weighted by molar-refractivity contribution is 5.96. The van der Waals surface area contributed by atoms with Crippen LogP contribution in [0.2, 0.25) is 0 Å². The van der Waals surface area contributed by atoms with Crippen LogP contribution in [0.1, 0.15) is 48.8 Å². The van der Waals surface area contributed by atoms with E-state index in [9.17, 15) is 8.78 Å². The molecule has 37 heavy (non-hydrogen) atoms. The summed E-state index contributed by atoms with van der Waals surface area (Å²) in [6.07, 6.45) is 9.27. The average molecular weight is 501 g/mol. The lowest BCUT2D eigenvalue weighted by Crippen LogP contribution is -2.44. The predicted molar refractivity (Wildman–Crippen MR) is 137 cm³/mol. The van der Waals surface area contributed by atoms with Crippen molar-refractivity contribution in [2.24, 2.45) is 0 Å². The van der Waals surface area contributed by atoms with E-state index in [2.05, 4.69) is 31.7 Å². The summed E-state index contributed by atoms with van der Waals surface area (Å²) in [5, 5.41) is 7.43. The van der Waals surface area contributed by atoms with Gasteiger partial charge in [0.1, 0.15) is 17.5 Å². The molecule has 1 aliphatic heterocycles. The minimum absolute atomic E-state index is 0.0960. The van der Waals surface area contributed by atoms with E-state index in [0.29, 0.717) is 23.5 Å². The van der Waals surface area contributed by atoms with Gasteiger partial charge in [-0.25, -0.2) is 28.7 Å². The number of aromatic nitrogens is 5. The summed E-state index contributed by atoms with van der Waals surface area (Å²) in [6.45, 7) is 3.55. The number of piperazine rings is 1. The Balaban J connectivity index is 1.36. The van der Waals surface area contributed by atoms with Gasteiger partial charge in [-0.2, -0.15) is 0 Å². The van der Waals surface area contributed by atoms with Gasteiger partial charge in [-0.1, -0.05) is 0 Å². The molecule has 2 aliphatic carbocycles. The molecule has 0 amide bonds. The van der Waals surface area contributed by atoms with E-state index in [-0.39, 0.29) is 5.82 Å². The van der Waals surface area contributed by atoms with Gasteiger partial charge in [0.05, 0.1) is 17.4 Å². The SMILES string of the molecule is Fc1cnc(Nc2cc(-c3nc(N4CCNCC4)c4c(C5CC5)cnc(C5CC5)c4n3)ccn2)c(F)c1. The Kier molecular flexibility index (Phi) is 5.42. The Morgan fingerprint density at radius 2 is 1.73 bits per heavy atom. The molecule has 0 aromatic carbocycles. The van der Waals surface area contributed by atoms with Gasteiger partial charge in [-0.05, 0) is 49.3 Å².